The van der Waals surface area contributed by atoms with E-state index in [-0.39, 0.29) is 11.8 Å². The lowest BCUT2D eigenvalue weighted by molar-refractivity contribution is -0.134. The lowest BCUT2D eigenvalue weighted by Gasteiger charge is -2.33. The van der Waals surface area contributed by atoms with Gasteiger partial charge >= 0.3 is 0 Å². The third kappa shape index (κ3) is 3.13. The fourth-order valence-corrected chi connectivity index (χ4v) is 3.74. The molecule has 2 amide bonds. The van der Waals surface area contributed by atoms with Crippen LogP contribution >= 0.6 is 0 Å². The van der Waals surface area contributed by atoms with Gasteiger partial charge < -0.3 is 15.2 Å². The van der Waals surface area contributed by atoms with Crippen LogP contribution in [0.15, 0.2) is 18.3 Å². The molecule has 2 aromatic heterocycles. The van der Waals surface area contributed by atoms with E-state index >= 15 is 0 Å². The van der Waals surface area contributed by atoms with Gasteiger partial charge in [-0.3, -0.25) is 9.59 Å². The number of nitrogens with zero attached hydrogens (tertiary/aromatic N) is 2. The number of aryl methyl sites for hydroxylation is 1. The van der Waals surface area contributed by atoms with Crippen molar-refractivity contribution in [3.05, 3.63) is 29.6 Å². The molecule has 0 radical (unpaired) electrons. The summed E-state index contributed by atoms with van der Waals surface area (Å²) in [6.07, 6.45) is 6.60. The highest BCUT2D eigenvalue weighted by molar-refractivity contribution is 5.99. The van der Waals surface area contributed by atoms with Gasteiger partial charge in [-0.15, -0.1) is 0 Å². The number of carbonyl (C=O) groups excluding carboxylic acids is 2. The molecule has 2 N–H and O–H groups in total. The molecule has 25 heavy (non-hydrogen) atoms. The second-order valence-corrected chi connectivity index (χ2v) is 7.65. The average molecular weight is 340 g/mol. The summed E-state index contributed by atoms with van der Waals surface area (Å²) in [5.41, 5.74) is 2.70. The predicted octanol–water partition coefficient (Wildman–Crippen LogP) is 2.39. The Bertz CT molecular complexity index is 827. The van der Waals surface area contributed by atoms with Crippen molar-refractivity contribution >= 4 is 22.8 Å². The minimum Gasteiger partial charge on any atom is -0.341 e. The molecule has 1 spiro atoms. The third-order valence-electron chi connectivity index (χ3n) is 5.66. The molecule has 4 rings (SSSR count). The van der Waals surface area contributed by atoms with E-state index in [9.17, 15) is 9.59 Å². The largest absolute Gasteiger partial charge is 0.341 e. The summed E-state index contributed by atoms with van der Waals surface area (Å²) in [6, 6.07) is 3.23. The van der Waals surface area contributed by atoms with Crippen LogP contribution in [0, 0.1) is 12.3 Å². The van der Waals surface area contributed by atoms with Crippen LogP contribution in [0.1, 0.15) is 48.7 Å². The number of aromatic nitrogens is 2. The van der Waals surface area contributed by atoms with Crippen molar-refractivity contribution < 1.29 is 9.59 Å². The fourth-order valence-electron chi connectivity index (χ4n) is 3.74. The van der Waals surface area contributed by atoms with Gasteiger partial charge in [0.05, 0.1) is 0 Å². The van der Waals surface area contributed by atoms with Gasteiger partial charge in [0.15, 0.2) is 0 Å². The van der Waals surface area contributed by atoms with Crippen LogP contribution in [0.3, 0.4) is 0 Å². The van der Waals surface area contributed by atoms with Crippen LogP contribution in [0.4, 0.5) is 0 Å². The Balaban J connectivity index is 1.39. The molecule has 132 valence electrons. The van der Waals surface area contributed by atoms with E-state index in [2.05, 4.69) is 15.3 Å². The lowest BCUT2D eigenvalue weighted by atomic mass is 9.93. The van der Waals surface area contributed by atoms with E-state index in [4.69, 9.17) is 0 Å². The Morgan fingerprint density at radius 1 is 1.24 bits per heavy atom. The highest BCUT2D eigenvalue weighted by Gasteiger charge is 2.45. The number of nitrogens with one attached hydrogen (secondary N) is 2. The molecule has 1 atom stereocenters. The van der Waals surface area contributed by atoms with Gasteiger partial charge in [-0.25, -0.2) is 4.98 Å². The van der Waals surface area contributed by atoms with Gasteiger partial charge in [0.2, 0.25) is 5.91 Å². The number of amides is 2. The number of carbonyl (C=O) groups is 2. The van der Waals surface area contributed by atoms with E-state index in [1.807, 2.05) is 17.9 Å². The summed E-state index contributed by atoms with van der Waals surface area (Å²) >= 11 is 0. The number of H-pyrrole nitrogens is 1. The minimum absolute atomic E-state index is 0.00827. The van der Waals surface area contributed by atoms with Crippen molar-refractivity contribution in [1.82, 2.24) is 20.2 Å². The number of piperidine rings is 1. The average Bonchev–Trinajstić information content (AvgIpc) is 3.21. The topological polar surface area (TPSA) is 78.1 Å². The molecule has 2 aromatic rings. The Morgan fingerprint density at radius 3 is 2.64 bits per heavy atom. The van der Waals surface area contributed by atoms with Crippen molar-refractivity contribution in [3.63, 3.8) is 0 Å². The number of pyridine rings is 1. The number of aromatic amines is 1. The molecule has 6 heteroatoms. The maximum atomic E-state index is 12.6. The van der Waals surface area contributed by atoms with E-state index in [1.54, 1.807) is 19.2 Å². The second-order valence-electron chi connectivity index (χ2n) is 7.65. The zero-order chi connectivity index (χ0) is 17.6. The number of hydrogen-bond acceptors (Lipinski definition) is 3. The third-order valence-corrected chi connectivity index (χ3v) is 5.66. The highest BCUT2D eigenvalue weighted by atomic mass is 16.2. The molecular weight excluding hydrogens is 316 g/mol. The summed E-state index contributed by atoms with van der Waals surface area (Å²) in [6.45, 7) is 5.35. The number of likely N-dealkylation sites (tertiary alicyclic amines) is 1. The quantitative estimate of drug-likeness (QED) is 0.900. The molecule has 0 unspecified atom stereocenters. The zero-order valence-corrected chi connectivity index (χ0v) is 14.8. The standard InChI is InChI=1S/C19H24N4O2/c1-12-9-14-10-15(22-16(14)20-11-12)17(24)21-13(2)18(25)23-7-5-19(3-4-19)6-8-23/h9-11,13H,3-8H2,1-2H3,(H,20,22)(H,21,24)/t13-/m0/s1. The summed E-state index contributed by atoms with van der Waals surface area (Å²) in [5, 5.41) is 3.71. The van der Waals surface area contributed by atoms with Crippen molar-refractivity contribution in [2.45, 2.75) is 45.6 Å². The Morgan fingerprint density at radius 2 is 1.96 bits per heavy atom. The molecule has 3 heterocycles. The molecule has 2 fully saturated rings. The Kier molecular flexibility index (Phi) is 3.78. The van der Waals surface area contributed by atoms with Crippen LogP contribution < -0.4 is 5.32 Å². The highest BCUT2D eigenvalue weighted by Crippen LogP contribution is 2.53. The number of hydrogen-bond donors (Lipinski definition) is 2. The van der Waals surface area contributed by atoms with Crippen molar-refractivity contribution in [3.8, 4) is 0 Å². The first-order valence-electron chi connectivity index (χ1n) is 9.01. The van der Waals surface area contributed by atoms with Gasteiger partial charge in [-0.2, -0.15) is 0 Å². The van der Waals surface area contributed by atoms with Gasteiger partial charge in [0.25, 0.3) is 5.91 Å². The molecule has 6 nitrogen and oxygen atoms in total. The van der Waals surface area contributed by atoms with Gasteiger partial charge in [0, 0.05) is 24.7 Å². The monoisotopic (exact) mass is 340 g/mol. The minimum atomic E-state index is -0.526. The molecular formula is C19H24N4O2. The molecule has 1 saturated heterocycles. The summed E-state index contributed by atoms with van der Waals surface area (Å²) in [4.78, 5) is 34.3. The molecule has 0 aromatic carbocycles. The molecule has 1 aliphatic heterocycles. The number of fused-ring (bicyclic) bond motifs is 1. The van der Waals surface area contributed by atoms with E-state index < -0.39 is 6.04 Å². The first-order chi connectivity index (χ1) is 12.0. The molecule has 1 saturated carbocycles. The van der Waals surface area contributed by atoms with Gasteiger partial charge in [0.1, 0.15) is 17.4 Å². The van der Waals surface area contributed by atoms with Gasteiger partial charge in [-0.1, -0.05) is 0 Å². The number of rotatable bonds is 3. The van der Waals surface area contributed by atoms with E-state index in [0.29, 0.717) is 16.8 Å². The second kappa shape index (κ2) is 5.86. The van der Waals surface area contributed by atoms with Crippen LogP contribution in [0.25, 0.3) is 11.0 Å². The van der Waals surface area contributed by atoms with Crippen LogP contribution in [-0.2, 0) is 4.79 Å². The van der Waals surface area contributed by atoms with Crippen LogP contribution in [0.2, 0.25) is 0 Å². The maximum Gasteiger partial charge on any atom is 0.268 e. The normalized spacial score (nSPS) is 19.8. The van der Waals surface area contributed by atoms with E-state index in [0.717, 1.165) is 36.9 Å². The molecule has 1 aliphatic carbocycles. The first kappa shape index (κ1) is 16.1. The van der Waals surface area contributed by atoms with E-state index in [1.165, 1.54) is 12.8 Å². The summed E-state index contributed by atoms with van der Waals surface area (Å²) in [5.74, 6) is -0.263. The van der Waals surface area contributed by atoms with Crippen molar-refractivity contribution in [2.75, 3.05) is 13.1 Å². The van der Waals surface area contributed by atoms with Crippen LogP contribution in [0.5, 0.6) is 0 Å². The smallest absolute Gasteiger partial charge is 0.268 e. The lowest BCUT2D eigenvalue weighted by Crippen LogP contribution is -2.49. The Hall–Kier alpha value is -2.37. The van der Waals surface area contributed by atoms with Crippen LogP contribution in [-0.4, -0.2) is 45.8 Å². The van der Waals surface area contributed by atoms with Crippen molar-refractivity contribution in [2.24, 2.45) is 5.41 Å². The SMILES string of the molecule is Cc1cnc2[nH]c(C(=O)N[C@@H](C)C(=O)N3CCC4(CC3)CC4)cc2c1. The first-order valence-corrected chi connectivity index (χ1v) is 9.01. The Labute approximate surface area is 147 Å². The molecule has 0 bridgehead atoms. The van der Waals surface area contributed by atoms with Crippen molar-refractivity contribution in [1.29, 1.82) is 0 Å². The van der Waals surface area contributed by atoms with Gasteiger partial charge in [-0.05, 0) is 62.6 Å². The summed E-state index contributed by atoms with van der Waals surface area (Å²) < 4.78 is 0. The summed E-state index contributed by atoms with van der Waals surface area (Å²) in [7, 11) is 0. The fraction of sp³-hybridized carbons (Fsp3) is 0.526. The maximum absolute atomic E-state index is 12.6. The zero-order valence-electron chi connectivity index (χ0n) is 14.8. The predicted molar refractivity (Wildman–Crippen MR) is 95.2 cm³/mol. The molecule has 2 aliphatic rings.